The first kappa shape index (κ1) is 19.5. The minimum Gasteiger partial charge on any atom is -0.469 e. The Morgan fingerprint density at radius 1 is 0.926 bits per heavy atom. The molecule has 2 aliphatic heterocycles. The lowest BCUT2D eigenvalue weighted by Crippen LogP contribution is -2.52. The highest BCUT2D eigenvalue weighted by Crippen LogP contribution is 2.50. The van der Waals surface area contributed by atoms with E-state index in [0.29, 0.717) is 23.9 Å². The zero-order chi connectivity index (χ0) is 19.0. The number of carbonyl (C=O) groups is 1. The summed E-state index contributed by atoms with van der Waals surface area (Å²) in [6.45, 7) is 4.56. The van der Waals surface area contributed by atoms with Gasteiger partial charge in [-0.25, -0.2) is 0 Å². The van der Waals surface area contributed by atoms with E-state index >= 15 is 0 Å². The topological polar surface area (TPSA) is 29.5 Å². The van der Waals surface area contributed by atoms with Crippen molar-refractivity contribution in [3.8, 4) is 0 Å². The van der Waals surface area contributed by atoms with Crippen LogP contribution in [0.3, 0.4) is 0 Å². The van der Waals surface area contributed by atoms with Crippen molar-refractivity contribution in [2.45, 2.75) is 89.1 Å². The molecule has 0 aromatic heterocycles. The quantitative estimate of drug-likeness (QED) is 0.501. The fraction of sp³-hybridized carbons (Fsp3) is 0.875. The first-order valence-corrected chi connectivity index (χ1v) is 11.6. The second-order valence-electron chi connectivity index (χ2n) is 9.93. The van der Waals surface area contributed by atoms with Crippen molar-refractivity contribution in [2.24, 2.45) is 29.6 Å². The molecule has 0 spiro atoms. The zero-order valence-electron chi connectivity index (χ0n) is 17.5. The highest BCUT2D eigenvalue weighted by atomic mass is 16.5. The van der Waals surface area contributed by atoms with Gasteiger partial charge in [0.05, 0.1) is 13.0 Å². The van der Waals surface area contributed by atoms with E-state index in [1.54, 1.807) is 12.7 Å². The van der Waals surface area contributed by atoms with Crippen molar-refractivity contribution in [1.29, 1.82) is 0 Å². The lowest BCUT2D eigenvalue weighted by atomic mass is 9.65. The number of methoxy groups -OCH3 is 1. The van der Waals surface area contributed by atoms with Crippen LogP contribution in [0.2, 0.25) is 0 Å². The monoisotopic (exact) mass is 373 g/mol. The molecule has 2 aliphatic carbocycles. The average molecular weight is 374 g/mol. The van der Waals surface area contributed by atoms with Crippen LogP contribution in [0.5, 0.6) is 0 Å². The molecular weight excluding hydrogens is 334 g/mol. The summed E-state index contributed by atoms with van der Waals surface area (Å²) in [5.41, 5.74) is 1.57. The number of piperidine rings is 1. The normalized spacial score (nSPS) is 40.7. The SMILES string of the molecule is C=C(C1CCCCC1)C1CCC([C@H]2C[C@H]3CCC(C2C(=O)OC)N3C)CC1. The maximum Gasteiger partial charge on any atom is 0.310 e. The molecule has 0 amide bonds. The number of hydrogen-bond acceptors (Lipinski definition) is 3. The highest BCUT2D eigenvalue weighted by Gasteiger charge is 2.51. The molecule has 3 heteroatoms. The molecule has 3 nitrogen and oxygen atoms in total. The van der Waals surface area contributed by atoms with Crippen molar-refractivity contribution in [3.05, 3.63) is 12.2 Å². The number of fused-ring (bicyclic) bond motifs is 2. The molecule has 2 bridgehead atoms. The van der Waals surface area contributed by atoms with Crippen molar-refractivity contribution < 1.29 is 9.53 Å². The van der Waals surface area contributed by atoms with Crippen LogP contribution in [-0.4, -0.2) is 37.1 Å². The van der Waals surface area contributed by atoms with Gasteiger partial charge in [0.25, 0.3) is 0 Å². The van der Waals surface area contributed by atoms with Gasteiger partial charge in [0.1, 0.15) is 0 Å². The van der Waals surface area contributed by atoms with E-state index in [9.17, 15) is 4.79 Å². The maximum absolute atomic E-state index is 12.7. The molecule has 4 fully saturated rings. The molecule has 4 rings (SSSR count). The Kier molecular flexibility index (Phi) is 5.97. The van der Waals surface area contributed by atoms with Crippen LogP contribution < -0.4 is 0 Å². The van der Waals surface area contributed by atoms with Crippen LogP contribution in [0, 0.1) is 29.6 Å². The third kappa shape index (κ3) is 3.73. The minimum atomic E-state index is 0.0472. The van der Waals surface area contributed by atoms with Crippen LogP contribution in [0.4, 0.5) is 0 Å². The Morgan fingerprint density at radius 3 is 2.26 bits per heavy atom. The van der Waals surface area contributed by atoms with E-state index in [-0.39, 0.29) is 11.9 Å². The largest absolute Gasteiger partial charge is 0.469 e. The van der Waals surface area contributed by atoms with Gasteiger partial charge in [-0.1, -0.05) is 31.4 Å². The van der Waals surface area contributed by atoms with E-state index in [4.69, 9.17) is 4.74 Å². The Labute approximate surface area is 165 Å². The standard InChI is InChI=1S/C24H39NO2/c1-16(17-7-5-4-6-8-17)18-9-11-19(12-10-18)21-15-20-13-14-22(25(20)2)23(21)24(26)27-3/h17-23H,1,4-15H2,2-3H3/t18?,19?,20-,21-,22?,23?/m1/s1. The number of carbonyl (C=O) groups excluding carboxylic acids is 1. The minimum absolute atomic E-state index is 0.0472. The number of esters is 1. The lowest BCUT2D eigenvalue weighted by Gasteiger charge is -2.46. The molecule has 4 atom stereocenters. The van der Waals surface area contributed by atoms with Crippen LogP contribution in [0.25, 0.3) is 0 Å². The number of nitrogens with zero attached hydrogens (tertiary/aromatic N) is 1. The van der Waals surface area contributed by atoms with Gasteiger partial charge in [0, 0.05) is 12.1 Å². The summed E-state index contributed by atoms with van der Waals surface area (Å²) < 4.78 is 5.27. The van der Waals surface area contributed by atoms with Gasteiger partial charge in [0.2, 0.25) is 0 Å². The molecule has 2 saturated heterocycles. The Bertz CT molecular complexity index is 545. The molecule has 2 unspecified atom stereocenters. The zero-order valence-corrected chi connectivity index (χ0v) is 17.5. The van der Waals surface area contributed by atoms with Gasteiger partial charge in [-0.2, -0.15) is 0 Å². The van der Waals surface area contributed by atoms with E-state index < -0.39 is 0 Å². The first-order valence-electron chi connectivity index (χ1n) is 11.6. The Hall–Kier alpha value is -0.830. The number of hydrogen-bond donors (Lipinski definition) is 0. The predicted octanol–water partition coefficient (Wildman–Crippen LogP) is 5.20. The summed E-state index contributed by atoms with van der Waals surface area (Å²) in [5, 5.41) is 0. The van der Waals surface area contributed by atoms with Crippen LogP contribution in [0.15, 0.2) is 12.2 Å². The van der Waals surface area contributed by atoms with Crippen molar-refractivity contribution in [3.63, 3.8) is 0 Å². The van der Waals surface area contributed by atoms with E-state index in [2.05, 4.69) is 18.5 Å². The van der Waals surface area contributed by atoms with Gasteiger partial charge < -0.3 is 4.74 Å². The molecular formula is C24H39NO2. The van der Waals surface area contributed by atoms with Crippen molar-refractivity contribution in [1.82, 2.24) is 4.90 Å². The average Bonchev–Trinajstić information content (AvgIpc) is 2.95. The Morgan fingerprint density at radius 2 is 1.59 bits per heavy atom. The summed E-state index contributed by atoms with van der Waals surface area (Å²) >= 11 is 0. The van der Waals surface area contributed by atoms with Crippen LogP contribution in [0.1, 0.15) is 77.0 Å². The molecule has 152 valence electrons. The third-order valence-electron chi connectivity index (χ3n) is 8.82. The lowest BCUT2D eigenvalue weighted by molar-refractivity contribution is -0.154. The maximum atomic E-state index is 12.7. The van der Waals surface area contributed by atoms with Gasteiger partial charge in [-0.05, 0) is 88.5 Å². The second-order valence-corrected chi connectivity index (χ2v) is 9.93. The van der Waals surface area contributed by atoms with Gasteiger partial charge in [-0.3, -0.25) is 9.69 Å². The fourth-order valence-electron chi connectivity index (χ4n) is 7.18. The number of rotatable bonds is 4. The van der Waals surface area contributed by atoms with Crippen molar-refractivity contribution in [2.75, 3.05) is 14.2 Å². The van der Waals surface area contributed by atoms with E-state index in [0.717, 1.165) is 11.8 Å². The summed E-state index contributed by atoms with van der Waals surface area (Å²) in [6.07, 6.45) is 15.8. The Balaban J connectivity index is 1.39. The molecule has 0 radical (unpaired) electrons. The second kappa shape index (κ2) is 8.27. The predicted molar refractivity (Wildman–Crippen MR) is 109 cm³/mol. The van der Waals surface area contributed by atoms with Gasteiger partial charge >= 0.3 is 5.97 Å². The van der Waals surface area contributed by atoms with Gasteiger partial charge in [0.15, 0.2) is 0 Å². The smallest absolute Gasteiger partial charge is 0.310 e. The van der Waals surface area contributed by atoms with E-state index in [1.807, 2.05) is 0 Å². The van der Waals surface area contributed by atoms with Crippen LogP contribution in [-0.2, 0) is 9.53 Å². The molecule has 0 N–H and O–H groups in total. The van der Waals surface area contributed by atoms with Crippen LogP contribution >= 0.6 is 0 Å². The van der Waals surface area contributed by atoms with Crippen molar-refractivity contribution >= 4 is 5.97 Å². The summed E-state index contributed by atoms with van der Waals surface area (Å²) in [7, 11) is 3.80. The molecule has 0 aromatic rings. The molecule has 4 aliphatic rings. The first-order chi connectivity index (χ1) is 13.1. The van der Waals surface area contributed by atoms with E-state index in [1.165, 1.54) is 77.0 Å². The highest BCUT2D eigenvalue weighted by molar-refractivity contribution is 5.74. The fourth-order valence-corrected chi connectivity index (χ4v) is 7.18. The molecule has 2 saturated carbocycles. The summed E-state index contributed by atoms with van der Waals surface area (Å²) in [5.74, 6) is 2.93. The summed E-state index contributed by atoms with van der Waals surface area (Å²) in [4.78, 5) is 15.2. The van der Waals surface area contributed by atoms with Gasteiger partial charge in [-0.15, -0.1) is 0 Å². The molecule has 2 heterocycles. The third-order valence-corrected chi connectivity index (χ3v) is 8.82. The molecule has 27 heavy (non-hydrogen) atoms. The number of allylic oxidation sites excluding steroid dienone is 1. The number of ether oxygens (including phenoxy) is 1. The molecule has 0 aromatic carbocycles. The summed E-state index contributed by atoms with van der Waals surface area (Å²) in [6, 6.07) is 1.10.